The lowest BCUT2D eigenvalue weighted by Crippen LogP contribution is -2.18. The molecule has 1 rings (SSSR count). The van der Waals surface area contributed by atoms with Gasteiger partial charge in [0.2, 0.25) is 0 Å². The highest BCUT2D eigenvalue weighted by molar-refractivity contribution is 5.92. The summed E-state index contributed by atoms with van der Waals surface area (Å²) >= 11 is 0. The Morgan fingerprint density at radius 2 is 2.19 bits per heavy atom. The van der Waals surface area contributed by atoms with Gasteiger partial charge >= 0.3 is 5.97 Å². The Kier molecular flexibility index (Phi) is 4.31. The molecule has 2 N–H and O–H groups in total. The van der Waals surface area contributed by atoms with Crippen molar-refractivity contribution in [2.75, 3.05) is 19.5 Å². The topological polar surface area (TPSA) is 61.5 Å². The summed E-state index contributed by atoms with van der Waals surface area (Å²) in [6, 6.07) is 5.19. The lowest BCUT2D eigenvalue weighted by atomic mass is 10.1. The van der Waals surface area contributed by atoms with E-state index in [1.165, 1.54) is 0 Å². The number of hydrogen-bond acceptors (Lipinski definition) is 4. The maximum atomic E-state index is 11.7. The Morgan fingerprint density at radius 3 is 2.81 bits per heavy atom. The number of carbonyl (C=O) groups excluding carboxylic acids is 1. The number of anilines is 1. The second-order valence-corrected chi connectivity index (χ2v) is 3.66. The lowest BCUT2D eigenvalue weighted by Gasteiger charge is -2.11. The molecule has 1 atom stereocenters. The van der Waals surface area contributed by atoms with E-state index in [0.29, 0.717) is 11.3 Å². The zero-order valence-corrected chi connectivity index (χ0v) is 9.82. The zero-order valence-electron chi connectivity index (χ0n) is 9.82. The van der Waals surface area contributed by atoms with Crippen molar-refractivity contribution < 1.29 is 14.3 Å². The fourth-order valence-corrected chi connectivity index (χ4v) is 1.21. The summed E-state index contributed by atoms with van der Waals surface area (Å²) in [5.74, 6) is -0.367. The minimum Gasteiger partial charge on any atom is -0.459 e. The number of esters is 1. The second-order valence-electron chi connectivity index (χ2n) is 3.66. The van der Waals surface area contributed by atoms with E-state index < -0.39 is 0 Å². The fourth-order valence-electron chi connectivity index (χ4n) is 1.21. The van der Waals surface area contributed by atoms with Crippen LogP contribution in [-0.4, -0.2) is 25.8 Å². The SMILES string of the molecule is COC(C)COC(=O)c1cccc(N)c1C. The van der Waals surface area contributed by atoms with E-state index in [-0.39, 0.29) is 18.7 Å². The number of ether oxygens (including phenoxy) is 2. The summed E-state index contributed by atoms with van der Waals surface area (Å²) in [7, 11) is 1.57. The van der Waals surface area contributed by atoms with Crippen LogP contribution in [-0.2, 0) is 9.47 Å². The number of nitrogen functional groups attached to an aromatic ring is 1. The average Bonchev–Trinajstić information content (AvgIpc) is 2.29. The van der Waals surface area contributed by atoms with E-state index in [2.05, 4.69) is 0 Å². The molecule has 0 aliphatic rings. The molecule has 0 aromatic heterocycles. The molecule has 0 bridgehead atoms. The van der Waals surface area contributed by atoms with Crippen LogP contribution < -0.4 is 5.73 Å². The van der Waals surface area contributed by atoms with Crippen molar-refractivity contribution in [3.63, 3.8) is 0 Å². The smallest absolute Gasteiger partial charge is 0.338 e. The molecule has 0 saturated carbocycles. The first-order valence-corrected chi connectivity index (χ1v) is 5.11. The Labute approximate surface area is 95.3 Å². The summed E-state index contributed by atoms with van der Waals surface area (Å²) in [6.07, 6.45) is -0.106. The standard InChI is InChI=1S/C12H17NO3/c1-8(15-3)7-16-12(14)10-5-4-6-11(13)9(10)2/h4-6,8H,7,13H2,1-3H3. The minimum absolute atomic E-state index is 0.106. The maximum absolute atomic E-state index is 11.7. The third kappa shape index (κ3) is 2.97. The molecule has 1 unspecified atom stereocenters. The van der Waals surface area contributed by atoms with Gasteiger partial charge in [0, 0.05) is 12.8 Å². The van der Waals surface area contributed by atoms with Crippen LogP contribution in [0.2, 0.25) is 0 Å². The van der Waals surface area contributed by atoms with Gasteiger partial charge in [-0.3, -0.25) is 0 Å². The molecule has 0 aliphatic heterocycles. The first-order valence-electron chi connectivity index (χ1n) is 5.11. The number of methoxy groups -OCH3 is 1. The molecule has 88 valence electrons. The van der Waals surface area contributed by atoms with Gasteiger partial charge < -0.3 is 15.2 Å². The third-order valence-electron chi connectivity index (χ3n) is 2.45. The highest BCUT2D eigenvalue weighted by Gasteiger charge is 2.13. The third-order valence-corrected chi connectivity index (χ3v) is 2.45. The van der Waals surface area contributed by atoms with Gasteiger partial charge in [0.05, 0.1) is 11.7 Å². The molecule has 0 spiro atoms. The van der Waals surface area contributed by atoms with E-state index in [1.807, 2.05) is 6.92 Å². The van der Waals surface area contributed by atoms with E-state index in [1.54, 1.807) is 32.2 Å². The second kappa shape index (κ2) is 5.51. The maximum Gasteiger partial charge on any atom is 0.338 e. The molecule has 4 heteroatoms. The Balaban J connectivity index is 2.70. The van der Waals surface area contributed by atoms with Crippen LogP contribution in [0.15, 0.2) is 18.2 Å². The van der Waals surface area contributed by atoms with Crippen molar-refractivity contribution in [2.45, 2.75) is 20.0 Å². The molecule has 1 aromatic rings. The predicted octanol–water partition coefficient (Wildman–Crippen LogP) is 1.77. The van der Waals surface area contributed by atoms with Crippen molar-refractivity contribution in [1.82, 2.24) is 0 Å². The molecule has 16 heavy (non-hydrogen) atoms. The van der Waals surface area contributed by atoms with Gasteiger partial charge in [-0.05, 0) is 31.5 Å². The summed E-state index contributed by atoms with van der Waals surface area (Å²) in [4.78, 5) is 11.7. The van der Waals surface area contributed by atoms with Crippen LogP contribution in [0.25, 0.3) is 0 Å². The van der Waals surface area contributed by atoms with Gasteiger partial charge in [-0.25, -0.2) is 4.79 Å². The van der Waals surface area contributed by atoms with Crippen molar-refractivity contribution >= 4 is 11.7 Å². The van der Waals surface area contributed by atoms with Gasteiger partial charge in [0.25, 0.3) is 0 Å². The van der Waals surface area contributed by atoms with Crippen LogP contribution in [0.1, 0.15) is 22.8 Å². The molecular weight excluding hydrogens is 206 g/mol. The molecule has 0 saturated heterocycles. The number of nitrogens with two attached hydrogens (primary N) is 1. The zero-order chi connectivity index (χ0) is 12.1. The predicted molar refractivity (Wildman–Crippen MR) is 62.3 cm³/mol. The van der Waals surface area contributed by atoms with E-state index in [4.69, 9.17) is 15.2 Å². The summed E-state index contributed by atoms with van der Waals surface area (Å²) in [5.41, 5.74) is 7.55. The quantitative estimate of drug-likeness (QED) is 0.624. The van der Waals surface area contributed by atoms with E-state index in [0.717, 1.165) is 5.56 Å². The molecular formula is C12H17NO3. The van der Waals surface area contributed by atoms with Crippen molar-refractivity contribution in [2.24, 2.45) is 0 Å². The minimum atomic E-state index is -0.367. The van der Waals surface area contributed by atoms with Crippen LogP contribution in [0.4, 0.5) is 5.69 Å². The highest BCUT2D eigenvalue weighted by Crippen LogP contribution is 2.16. The van der Waals surface area contributed by atoms with Crippen LogP contribution in [0.5, 0.6) is 0 Å². The highest BCUT2D eigenvalue weighted by atomic mass is 16.6. The summed E-state index contributed by atoms with van der Waals surface area (Å²) < 4.78 is 10.1. The normalized spacial score (nSPS) is 12.2. The van der Waals surface area contributed by atoms with Gasteiger partial charge in [-0.15, -0.1) is 0 Å². The van der Waals surface area contributed by atoms with Gasteiger partial charge in [-0.2, -0.15) is 0 Å². The molecule has 0 radical (unpaired) electrons. The van der Waals surface area contributed by atoms with Crippen molar-refractivity contribution in [1.29, 1.82) is 0 Å². The Morgan fingerprint density at radius 1 is 1.50 bits per heavy atom. The molecule has 1 aromatic carbocycles. The van der Waals surface area contributed by atoms with Crippen molar-refractivity contribution in [3.8, 4) is 0 Å². The van der Waals surface area contributed by atoms with Gasteiger partial charge in [0.1, 0.15) is 6.61 Å². The van der Waals surface area contributed by atoms with E-state index in [9.17, 15) is 4.79 Å². The largest absolute Gasteiger partial charge is 0.459 e. The molecule has 4 nitrogen and oxygen atoms in total. The number of hydrogen-bond donors (Lipinski definition) is 1. The monoisotopic (exact) mass is 223 g/mol. The Hall–Kier alpha value is -1.55. The fraction of sp³-hybridized carbons (Fsp3) is 0.417. The number of carbonyl (C=O) groups is 1. The molecule has 0 amide bonds. The van der Waals surface area contributed by atoms with Crippen molar-refractivity contribution in [3.05, 3.63) is 29.3 Å². The van der Waals surface area contributed by atoms with E-state index >= 15 is 0 Å². The lowest BCUT2D eigenvalue weighted by molar-refractivity contribution is 0.0168. The van der Waals surface area contributed by atoms with Crippen LogP contribution >= 0.6 is 0 Å². The van der Waals surface area contributed by atoms with Gasteiger partial charge in [0.15, 0.2) is 0 Å². The van der Waals surface area contributed by atoms with Gasteiger partial charge in [-0.1, -0.05) is 6.07 Å². The number of benzene rings is 1. The number of rotatable bonds is 4. The van der Waals surface area contributed by atoms with Crippen LogP contribution in [0, 0.1) is 6.92 Å². The van der Waals surface area contributed by atoms with Crippen LogP contribution in [0.3, 0.4) is 0 Å². The summed E-state index contributed by atoms with van der Waals surface area (Å²) in [5, 5.41) is 0. The molecule has 0 aliphatic carbocycles. The molecule has 0 heterocycles. The first kappa shape index (κ1) is 12.5. The summed E-state index contributed by atoms with van der Waals surface area (Å²) in [6.45, 7) is 3.87. The Bertz CT molecular complexity index is 377. The molecule has 0 fully saturated rings. The average molecular weight is 223 g/mol. The first-order chi connectivity index (χ1) is 7.56.